The number of aromatic nitrogens is 3. The lowest BCUT2D eigenvalue weighted by atomic mass is 10.2. The highest BCUT2D eigenvalue weighted by atomic mass is 35.5. The highest BCUT2D eigenvalue weighted by molar-refractivity contribution is 6.30. The maximum Gasteiger partial charge on any atom is 0.341 e. The van der Waals surface area contributed by atoms with Gasteiger partial charge in [-0.15, -0.1) is 0 Å². The predicted octanol–water partition coefficient (Wildman–Crippen LogP) is 4.11. The van der Waals surface area contributed by atoms with Gasteiger partial charge in [0.2, 0.25) is 0 Å². The van der Waals surface area contributed by atoms with E-state index in [1.165, 1.54) is 15.2 Å². The molecule has 0 saturated carbocycles. The van der Waals surface area contributed by atoms with Crippen molar-refractivity contribution in [1.82, 2.24) is 13.7 Å². The van der Waals surface area contributed by atoms with E-state index in [4.69, 9.17) is 11.6 Å². The Bertz CT molecular complexity index is 1700. The molecule has 0 aliphatic carbocycles. The number of rotatable bonds is 5. The number of halogens is 1. The SMILES string of the molecule is Cn1c(=O)cc(NCc2ccc(Cl)cc2)c2c(=O)n(-c3ccccc3)c(=O)n(-c3ccccc3)c21. The van der Waals surface area contributed by atoms with Gasteiger partial charge in [-0.3, -0.25) is 14.2 Å². The molecular weight excluding hydrogens is 464 g/mol. The Labute approximate surface area is 205 Å². The minimum atomic E-state index is -0.565. The first kappa shape index (κ1) is 22.4. The molecule has 5 aromatic rings. The van der Waals surface area contributed by atoms with Crippen LogP contribution in [0.25, 0.3) is 22.4 Å². The van der Waals surface area contributed by atoms with Crippen LogP contribution in [0.2, 0.25) is 5.02 Å². The number of pyridine rings is 1. The van der Waals surface area contributed by atoms with Crippen molar-refractivity contribution in [2.75, 3.05) is 5.32 Å². The minimum absolute atomic E-state index is 0.212. The summed E-state index contributed by atoms with van der Waals surface area (Å²) in [5.74, 6) is 0. The summed E-state index contributed by atoms with van der Waals surface area (Å²) in [6.07, 6.45) is 0. The van der Waals surface area contributed by atoms with Crippen LogP contribution in [-0.2, 0) is 13.6 Å². The number of nitrogens with zero attached hydrogens (tertiary/aromatic N) is 3. The van der Waals surface area contributed by atoms with Crippen LogP contribution in [-0.4, -0.2) is 13.7 Å². The van der Waals surface area contributed by atoms with E-state index in [0.717, 1.165) is 10.1 Å². The third kappa shape index (κ3) is 4.06. The third-order valence-corrected chi connectivity index (χ3v) is 6.10. The fourth-order valence-corrected chi connectivity index (χ4v) is 4.23. The fraction of sp³-hybridized carbons (Fsp3) is 0.0741. The van der Waals surface area contributed by atoms with Gasteiger partial charge in [-0.2, -0.15) is 0 Å². The highest BCUT2D eigenvalue weighted by Gasteiger charge is 2.21. The number of aryl methyl sites for hydroxylation is 1. The minimum Gasteiger partial charge on any atom is -0.380 e. The molecule has 0 fully saturated rings. The van der Waals surface area contributed by atoms with Crippen molar-refractivity contribution >= 4 is 28.3 Å². The summed E-state index contributed by atoms with van der Waals surface area (Å²) in [5, 5.41) is 4.07. The van der Waals surface area contributed by atoms with Crippen LogP contribution in [0.15, 0.2) is 105 Å². The van der Waals surface area contributed by atoms with Crippen LogP contribution in [0.1, 0.15) is 5.56 Å². The van der Waals surface area contributed by atoms with Crippen LogP contribution in [0, 0.1) is 0 Å². The van der Waals surface area contributed by atoms with Gasteiger partial charge in [-0.1, -0.05) is 60.1 Å². The molecule has 3 aromatic carbocycles. The molecule has 0 aliphatic rings. The first-order valence-corrected chi connectivity index (χ1v) is 11.3. The van der Waals surface area contributed by atoms with Crippen molar-refractivity contribution in [2.45, 2.75) is 6.54 Å². The molecule has 2 heterocycles. The number of para-hydroxylation sites is 2. The molecule has 0 spiro atoms. The zero-order chi connectivity index (χ0) is 24.5. The van der Waals surface area contributed by atoms with Crippen molar-refractivity contribution in [1.29, 1.82) is 0 Å². The van der Waals surface area contributed by atoms with Gasteiger partial charge >= 0.3 is 5.69 Å². The lowest BCUT2D eigenvalue weighted by Gasteiger charge is -2.19. The van der Waals surface area contributed by atoms with Gasteiger partial charge in [0.05, 0.1) is 17.1 Å². The molecule has 0 aliphatic heterocycles. The van der Waals surface area contributed by atoms with Gasteiger partial charge in [-0.25, -0.2) is 13.9 Å². The molecule has 0 bridgehead atoms. The number of hydrogen-bond donors (Lipinski definition) is 1. The van der Waals surface area contributed by atoms with Gasteiger partial charge in [0.15, 0.2) is 0 Å². The van der Waals surface area contributed by atoms with Gasteiger partial charge in [0.1, 0.15) is 11.0 Å². The average molecular weight is 485 g/mol. The lowest BCUT2D eigenvalue weighted by molar-refractivity contribution is 0.783. The molecule has 0 amide bonds. The molecule has 7 nitrogen and oxygen atoms in total. The van der Waals surface area contributed by atoms with Crippen LogP contribution >= 0.6 is 11.6 Å². The monoisotopic (exact) mass is 484 g/mol. The van der Waals surface area contributed by atoms with Crippen LogP contribution in [0.3, 0.4) is 0 Å². The van der Waals surface area contributed by atoms with Crippen LogP contribution in [0.5, 0.6) is 0 Å². The summed E-state index contributed by atoms with van der Waals surface area (Å²) in [6.45, 7) is 0.356. The Morgan fingerprint density at radius 2 is 1.34 bits per heavy atom. The summed E-state index contributed by atoms with van der Waals surface area (Å²) in [5.41, 5.74) is 1.02. The second kappa shape index (κ2) is 9.12. The molecule has 5 rings (SSSR count). The molecule has 2 aromatic heterocycles. The largest absolute Gasteiger partial charge is 0.380 e. The van der Waals surface area contributed by atoms with Crippen molar-refractivity contribution in [3.63, 3.8) is 0 Å². The third-order valence-electron chi connectivity index (χ3n) is 5.85. The van der Waals surface area contributed by atoms with E-state index in [0.29, 0.717) is 28.6 Å². The van der Waals surface area contributed by atoms with Crippen molar-refractivity contribution < 1.29 is 0 Å². The standard InChI is InChI=1S/C27H21ClN4O3/c1-30-23(33)16-22(29-17-18-12-14-19(28)15-13-18)24-25(30)31(20-8-4-2-5-9-20)27(35)32(26(24)34)21-10-6-3-7-11-21/h2-16,29H,17H2,1H3. The molecule has 0 radical (unpaired) electrons. The number of benzene rings is 3. The smallest absolute Gasteiger partial charge is 0.341 e. The molecule has 0 saturated heterocycles. The van der Waals surface area contributed by atoms with Crippen molar-refractivity contribution in [2.24, 2.45) is 7.05 Å². The van der Waals surface area contributed by atoms with Crippen molar-refractivity contribution in [3.8, 4) is 11.4 Å². The van der Waals surface area contributed by atoms with E-state index in [1.54, 1.807) is 67.7 Å². The van der Waals surface area contributed by atoms with Crippen LogP contribution < -0.4 is 22.1 Å². The Morgan fingerprint density at radius 1 is 0.771 bits per heavy atom. The number of fused-ring (bicyclic) bond motifs is 1. The number of anilines is 1. The van der Waals surface area contributed by atoms with E-state index in [9.17, 15) is 14.4 Å². The second-order valence-electron chi connectivity index (χ2n) is 8.06. The molecular formula is C27H21ClN4O3. The summed E-state index contributed by atoms with van der Waals surface area (Å²) in [4.78, 5) is 40.6. The maximum atomic E-state index is 13.9. The van der Waals surface area contributed by atoms with Gasteiger partial charge in [-0.05, 0) is 42.0 Å². The fourth-order valence-electron chi connectivity index (χ4n) is 4.10. The Hall–Kier alpha value is -4.36. The summed E-state index contributed by atoms with van der Waals surface area (Å²) < 4.78 is 3.86. The lowest BCUT2D eigenvalue weighted by Crippen LogP contribution is -2.40. The molecule has 35 heavy (non-hydrogen) atoms. The van der Waals surface area contributed by atoms with E-state index in [1.807, 2.05) is 24.3 Å². The number of nitrogens with one attached hydrogen (secondary N) is 1. The summed E-state index contributed by atoms with van der Waals surface area (Å²) in [7, 11) is 1.55. The Kier molecular flexibility index (Phi) is 5.84. The molecule has 1 N–H and O–H groups in total. The van der Waals surface area contributed by atoms with Crippen LogP contribution in [0.4, 0.5) is 5.69 Å². The van der Waals surface area contributed by atoms with E-state index < -0.39 is 11.2 Å². The second-order valence-corrected chi connectivity index (χ2v) is 8.50. The zero-order valence-corrected chi connectivity index (χ0v) is 19.6. The van der Waals surface area contributed by atoms with Gasteiger partial charge in [0.25, 0.3) is 11.1 Å². The molecule has 8 heteroatoms. The maximum absolute atomic E-state index is 13.9. The first-order valence-electron chi connectivity index (χ1n) is 11.0. The Balaban J connectivity index is 1.85. The van der Waals surface area contributed by atoms with E-state index in [2.05, 4.69) is 5.32 Å². The highest BCUT2D eigenvalue weighted by Crippen LogP contribution is 2.21. The summed E-state index contributed by atoms with van der Waals surface area (Å²) >= 11 is 5.99. The normalized spacial score (nSPS) is 11.0. The topological polar surface area (TPSA) is 78.0 Å². The zero-order valence-electron chi connectivity index (χ0n) is 18.8. The van der Waals surface area contributed by atoms with E-state index >= 15 is 0 Å². The molecule has 0 unspecified atom stereocenters. The molecule has 174 valence electrons. The first-order chi connectivity index (χ1) is 17.0. The van der Waals surface area contributed by atoms with E-state index in [-0.39, 0.29) is 16.6 Å². The van der Waals surface area contributed by atoms with Crippen molar-refractivity contribution in [3.05, 3.63) is 133 Å². The number of hydrogen-bond acceptors (Lipinski definition) is 4. The van der Waals surface area contributed by atoms with Gasteiger partial charge in [0, 0.05) is 24.7 Å². The predicted molar refractivity (Wildman–Crippen MR) is 139 cm³/mol. The Morgan fingerprint density at radius 3 is 1.94 bits per heavy atom. The quantitative estimate of drug-likeness (QED) is 0.407. The van der Waals surface area contributed by atoms with Gasteiger partial charge < -0.3 is 5.32 Å². The summed E-state index contributed by atoms with van der Waals surface area (Å²) in [6, 6.07) is 26.4. The average Bonchev–Trinajstić information content (AvgIpc) is 2.87. The molecule has 0 atom stereocenters.